The average molecular weight is 459 g/mol. The van der Waals surface area contributed by atoms with E-state index < -0.39 is 0 Å². The van der Waals surface area contributed by atoms with Crippen molar-refractivity contribution in [1.29, 1.82) is 5.26 Å². The number of carbonyl (C=O) groups is 1. The zero-order valence-electron chi connectivity index (χ0n) is 19.8. The molecule has 2 fully saturated rings. The molecular weight excluding hydrogens is 428 g/mol. The highest BCUT2D eigenvalue weighted by molar-refractivity contribution is 5.85. The van der Waals surface area contributed by atoms with Crippen molar-refractivity contribution >= 4 is 17.2 Å². The third-order valence-corrected chi connectivity index (χ3v) is 7.23. The Morgan fingerprint density at radius 3 is 2.68 bits per heavy atom. The van der Waals surface area contributed by atoms with Crippen LogP contribution in [0.15, 0.2) is 36.8 Å². The number of nitriles is 1. The van der Waals surface area contributed by atoms with Crippen molar-refractivity contribution in [3.05, 3.63) is 42.4 Å². The molecule has 3 heterocycles. The molecule has 176 valence electrons. The third kappa shape index (κ3) is 4.07. The van der Waals surface area contributed by atoms with E-state index >= 15 is 0 Å². The monoisotopic (exact) mass is 458 g/mol. The molecule has 1 amide bonds. The summed E-state index contributed by atoms with van der Waals surface area (Å²) < 4.78 is 7.40. The van der Waals surface area contributed by atoms with Gasteiger partial charge in [-0.25, -0.2) is 9.50 Å². The first-order valence-electron chi connectivity index (χ1n) is 11.9. The molecule has 3 aromatic heterocycles. The fraction of sp³-hybridized carbons (Fsp3) is 0.462. The number of aromatic nitrogens is 3. The molecule has 0 saturated heterocycles. The van der Waals surface area contributed by atoms with Crippen LogP contribution in [0.5, 0.6) is 5.75 Å². The number of carbonyl (C=O) groups excluding carboxylic acids is 1. The van der Waals surface area contributed by atoms with Gasteiger partial charge in [-0.2, -0.15) is 10.4 Å². The fourth-order valence-electron chi connectivity index (χ4n) is 6.09. The molecule has 0 aromatic carbocycles. The summed E-state index contributed by atoms with van der Waals surface area (Å²) in [5.41, 5.74) is 2.91. The van der Waals surface area contributed by atoms with Gasteiger partial charge in [-0.1, -0.05) is 0 Å². The zero-order chi connectivity index (χ0) is 23.9. The Morgan fingerprint density at radius 1 is 1.29 bits per heavy atom. The second-order valence-corrected chi connectivity index (χ2v) is 9.84. The second-order valence-electron chi connectivity index (χ2n) is 9.84. The van der Waals surface area contributed by atoms with E-state index in [9.17, 15) is 10.1 Å². The van der Waals surface area contributed by atoms with Gasteiger partial charge in [-0.3, -0.25) is 4.79 Å². The summed E-state index contributed by atoms with van der Waals surface area (Å²) in [6, 6.07) is 8.57. The van der Waals surface area contributed by atoms with Crippen molar-refractivity contribution < 1.29 is 9.53 Å². The molecule has 0 aliphatic heterocycles. The first-order valence-corrected chi connectivity index (χ1v) is 11.9. The Morgan fingerprint density at radius 2 is 2.06 bits per heavy atom. The van der Waals surface area contributed by atoms with Crippen molar-refractivity contribution in [1.82, 2.24) is 19.9 Å². The van der Waals surface area contributed by atoms with E-state index in [0.717, 1.165) is 35.3 Å². The fourth-order valence-corrected chi connectivity index (χ4v) is 6.09. The number of nitrogens with zero attached hydrogens (tertiary/aromatic N) is 4. The van der Waals surface area contributed by atoms with Gasteiger partial charge in [0, 0.05) is 35.8 Å². The number of fused-ring (bicyclic) bond motifs is 3. The lowest BCUT2D eigenvalue weighted by Crippen LogP contribution is -2.53. The first kappa shape index (κ1) is 22.2. The Kier molecular flexibility index (Phi) is 5.64. The van der Waals surface area contributed by atoms with Gasteiger partial charge >= 0.3 is 0 Å². The summed E-state index contributed by atoms with van der Waals surface area (Å²) in [4.78, 5) is 16.4. The molecule has 2 N–H and O–H groups in total. The number of pyridine rings is 2. The number of nitrogens with one attached hydrogen (secondary N) is 2. The van der Waals surface area contributed by atoms with Crippen LogP contribution in [-0.4, -0.2) is 38.7 Å². The van der Waals surface area contributed by atoms with Gasteiger partial charge < -0.3 is 15.4 Å². The maximum absolute atomic E-state index is 11.7. The van der Waals surface area contributed by atoms with Crippen LogP contribution < -0.4 is 15.4 Å². The van der Waals surface area contributed by atoms with Crippen LogP contribution >= 0.6 is 0 Å². The van der Waals surface area contributed by atoms with Crippen LogP contribution in [0.25, 0.3) is 16.6 Å². The maximum Gasteiger partial charge on any atom is 0.217 e. The number of hydrogen-bond acceptors (Lipinski definition) is 6. The van der Waals surface area contributed by atoms with Crippen molar-refractivity contribution in [3.8, 4) is 22.9 Å². The molecule has 0 spiro atoms. The minimum absolute atomic E-state index is 0.0471. The van der Waals surface area contributed by atoms with Crippen LogP contribution in [0.3, 0.4) is 0 Å². The molecule has 8 nitrogen and oxygen atoms in total. The summed E-state index contributed by atoms with van der Waals surface area (Å²) in [5, 5.41) is 20.7. The molecular formula is C26H30N6O2. The number of amides is 1. The van der Waals surface area contributed by atoms with Gasteiger partial charge in [0.05, 0.1) is 30.1 Å². The quantitative estimate of drug-likeness (QED) is 0.575. The molecule has 2 bridgehead atoms. The number of ether oxygens (including phenoxy) is 1. The van der Waals surface area contributed by atoms with E-state index in [1.54, 1.807) is 23.8 Å². The maximum atomic E-state index is 11.7. The molecule has 34 heavy (non-hydrogen) atoms. The van der Waals surface area contributed by atoms with Crippen molar-refractivity contribution in [2.45, 2.75) is 58.0 Å². The van der Waals surface area contributed by atoms with E-state index in [-0.39, 0.29) is 11.4 Å². The Hall–Kier alpha value is -3.60. The van der Waals surface area contributed by atoms with Crippen LogP contribution in [0.1, 0.15) is 52.0 Å². The Labute approximate surface area is 199 Å². The van der Waals surface area contributed by atoms with E-state index in [0.29, 0.717) is 35.8 Å². The minimum Gasteiger partial charge on any atom is -0.492 e. The molecule has 2 saturated carbocycles. The molecule has 2 aliphatic rings. The Balaban J connectivity index is 1.38. The van der Waals surface area contributed by atoms with Crippen LogP contribution in [0.2, 0.25) is 0 Å². The highest BCUT2D eigenvalue weighted by Crippen LogP contribution is 2.47. The van der Waals surface area contributed by atoms with Crippen LogP contribution in [0.4, 0.5) is 5.82 Å². The van der Waals surface area contributed by atoms with Gasteiger partial charge in [0.25, 0.3) is 0 Å². The number of hydrogen-bond donors (Lipinski definition) is 2. The molecule has 2 aliphatic carbocycles. The summed E-state index contributed by atoms with van der Waals surface area (Å²) in [6.07, 6.45) is 9.53. The largest absolute Gasteiger partial charge is 0.492 e. The standard InChI is InChI=1S/C26H30N6O2/c1-4-34-21-9-22(25-20(12-27)14-29-32(25)15-21)19-7-8-23(28-13-19)30-24-17-5-6-18(24)11-26(3,10-17)31-16(2)33/h7-9,13-15,17-18,24H,4-6,10-11H2,1-3H3,(H,28,30)(H,31,33). The normalized spacial score (nSPS) is 25.6. The lowest BCUT2D eigenvalue weighted by atomic mass is 9.73. The van der Waals surface area contributed by atoms with E-state index in [1.807, 2.05) is 31.3 Å². The molecule has 8 heteroatoms. The van der Waals surface area contributed by atoms with Crippen LogP contribution in [-0.2, 0) is 4.79 Å². The predicted molar refractivity (Wildman–Crippen MR) is 129 cm³/mol. The van der Waals surface area contributed by atoms with Gasteiger partial charge in [-0.15, -0.1) is 0 Å². The van der Waals surface area contributed by atoms with Gasteiger partial charge in [-0.05, 0) is 69.6 Å². The molecule has 2 unspecified atom stereocenters. The number of anilines is 1. The molecule has 3 aromatic rings. The van der Waals surface area contributed by atoms with E-state index in [1.165, 1.54) is 12.8 Å². The number of rotatable bonds is 6. The lowest BCUT2D eigenvalue weighted by Gasteiger charge is -2.43. The smallest absolute Gasteiger partial charge is 0.217 e. The summed E-state index contributed by atoms with van der Waals surface area (Å²) in [7, 11) is 0. The molecule has 0 radical (unpaired) electrons. The van der Waals surface area contributed by atoms with Crippen molar-refractivity contribution in [3.63, 3.8) is 0 Å². The average Bonchev–Trinajstić information content (AvgIpc) is 3.32. The summed E-state index contributed by atoms with van der Waals surface area (Å²) in [5.74, 6) is 2.63. The highest BCUT2D eigenvalue weighted by atomic mass is 16.5. The SMILES string of the molecule is CCOc1cc(-c2ccc(NC3C4CCC3CC(C)(NC(C)=O)C4)nc2)c2c(C#N)cnn2c1. The highest BCUT2D eigenvalue weighted by Gasteiger charge is 2.48. The minimum atomic E-state index is -0.117. The summed E-state index contributed by atoms with van der Waals surface area (Å²) >= 11 is 0. The molecule has 2 atom stereocenters. The molecule has 5 rings (SSSR count). The summed E-state index contributed by atoms with van der Waals surface area (Å²) in [6.45, 7) is 6.26. The van der Waals surface area contributed by atoms with Gasteiger partial charge in [0.2, 0.25) is 5.91 Å². The predicted octanol–water partition coefficient (Wildman–Crippen LogP) is 4.16. The lowest BCUT2D eigenvalue weighted by molar-refractivity contribution is -0.121. The van der Waals surface area contributed by atoms with Crippen molar-refractivity contribution in [2.24, 2.45) is 11.8 Å². The van der Waals surface area contributed by atoms with Crippen LogP contribution in [0, 0.1) is 23.2 Å². The Bertz CT molecular complexity index is 1240. The van der Waals surface area contributed by atoms with E-state index in [4.69, 9.17) is 9.72 Å². The van der Waals surface area contributed by atoms with E-state index in [2.05, 4.69) is 28.7 Å². The second kappa shape index (κ2) is 8.64. The topological polar surface area (TPSA) is 104 Å². The third-order valence-electron chi connectivity index (χ3n) is 7.23. The van der Waals surface area contributed by atoms with Gasteiger partial charge in [0.15, 0.2) is 0 Å². The van der Waals surface area contributed by atoms with Crippen molar-refractivity contribution in [2.75, 3.05) is 11.9 Å². The first-order chi connectivity index (χ1) is 16.4. The van der Waals surface area contributed by atoms with Gasteiger partial charge in [0.1, 0.15) is 17.6 Å². The zero-order valence-corrected chi connectivity index (χ0v) is 19.8.